The van der Waals surface area contributed by atoms with E-state index in [0.717, 1.165) is 13.0 Å². The van der Waals surface area contributed by atoms with Crippen molar-refractivity contribution in [1.29, 1.82) is 0 Å². The second-order valence-electron chi connectivity index (χ2n) is 5.34. The van der Waals surface area contributed by atoms with Crippen LogP contribution >= 0.6 is 0 Å². The van der Waals surface area contributed by atoms with Crippen molar-refractivity contribution in [3.8, 4) is 0 Å². The van der Waals surface area contributed by atoms with Crippen LogP contribution in [0.4, 0.5) is 0 Å². The van der Waals surface area contributed by atoms with Crippen LogP contribution in [0.5, 0.6) is 0 Å². The highest BCUT2D eigenvalue weighted by Gasteiger charge is 2.05. The Kier molecular flexibility index (Phi) is 4.56. The number of hydrogen-bond donors (Lipinski definition) is 1. The van der Waals surface area contributed by atoms with E-state index in [0.29, 0.717) is 12.3 Å². The van der Waals surface area contributed by atoms with E-state index < -0.39 is 0 Å². The summed E-state index contributed by atoms with van der Waals surface area (Å²) in [6.07, 6.45) is 1.35. The number of aryl methyl sites for hydroxylation is 1. The van der Waals surface area contributed by atoms with Gasteiger partial charge in [0.25, 0.3) is 0 Å². The Balaban J connectivity index is 2.00. The van der Waals surface area contributed by atoms with Gasteiger partial charge in [-0.2, -0.15) is 0 Å². The lowest BCUT2D eigenvalue weighted by molar-refractivity contribution is -0.121. The van der Waals surface area contributed by atoms with Crippen LogP contribution in [0, 0.1) is 5.92 Å². The summed E-state index contributed by atoms with van der Waals surface area (Å²) in [5, 5.41) is 5.45. The average Bonchev–Trinajstić information content (AvgIpc) is 2.42. The van der Waals surface area contributed by atoms with Gasteiger partial charge in [0.2, 0.25) is 5.91 Å². The van der Waals surface area contributed by atoms with E-state index in [4.69, 9.17) is 0 Å². The molecule has 2 aromatic carbocycles. The van der Waals surface area contributed by atoms with Crippen LogP contribution in [0.15, 0.2) is 42.5 Å². The molecule has 0 bridgehead atoms. The largest absolute Gasteiger partial charge is 0.356 e. The molecule has 19 heavy (non-hydrogen) atoms. The van der Waals surface area contributed by atoms with Gasteiger partial charge in [-0.05, 0) is 28.7 Å². The standard InChI is InChI=1S/C17H21NO/c1-13(2)12-18-17(19)11-10-15-8-5-7-14-6-3-4-9-16(14)15/h3-9,13H,10-12H2,1-2H3,(H,18,19). The first kappa shape index (κ1) is 13.6. The van der Waals surface area contributed by atoms with Crippen molar-refractivity contribution in [3.63, 3.8) is 0 Å². The van der Waals surface area contributed by atoms with Crippen molar-refractivity contribution in [1.82, 2.24) is 5.32 Å². The summed E-state index contributed by atoms with van der Waals surface area (Å²) in [4.78, 5) is 11.7. The zero-order valence-corrected chi connectivity index (χ0v) is 11.6. The topological polar surface area (TPSA) is 29.1 Å². The molecule has 0 spiro atoms. The quantitative estimate of drug-likeness (QED) is 0.870. The predicted octanol–water partition coefficient (Wildman–Crippen LogP) is 3.54. The molecule has 0 radical (unpaired) electrons. The molecule has 0 aliphatic heterocycles. The third kappa shape index (κ3) is 3.82. The first-order valence-corrected chi connectivity index (χ1v) is 6.90. The summed E-state index contributed by atoms with van der Waals surface area (Å²) in [6, 6.07) is 14.6. The fourth-order valence-corrected chi connectivity index (χ4v) is 2.17. The molecule has 0 aromatic heterocycles. The van der Waals surface area contributed by atoms with Crippen LogP contribution in [0.2, 0.25) is 0 Å². The number of benzene rings is 2. The molecule has 0 aliphatic rings. The highest BCUT2D eigenvalue weighted by Crippen LogP contribution is 2.19. The SMILES string of the molecule is CC(C)CNC(=O)CCc1cccc2ccccc12. The molecule has 2 aromatic rings. The lowest BCUT2D eigenvalue weighted by Crippen LogP contribution is -2.27. The van der Waals surface area contributed by atoms with E-state index in [-0.39, 0.29) is 5.91 Å². The Morgan fingerprint density at radius 3 is 2.63 bits per heavy atom. The normalized spacial score (nSPS) is 10.9. The van der Waals surface area contributed by atoms with Crippen molar-refractivity contribution in [2.45, 2.75) is 26.7 Å². The molecule has 0 aliphatic carbocycles. The van der Waals surface area contributed by atoms with E-state index in [9.17, 15) is 4.79 Å². The summed E-state index contributed by atoms with van der Waals surface area (Å²) >= 11 is 0. The fraction of sp³-hybridized carbons (Fsp3) is 0.353. The molecular weight excluding hydrogens is 234 g/mol. The third-order valence-electron chi connectivity index (χ3n) is 3.21. The van der Waals surface area contributed by atoms with Gasteiger partial charge in [-0.3, -0.25) is 4.79 Å². The van der Waals surface area contributed by atoms with Crippen molar-refractivity contribution >= 4 is 16.7 Å². The Morgan fingerprint density at radius 1 is 1.11 bits per heavy atom. The number of hydrogen-bond acceptors (Lipinski definition) is 1. The van der Waals surface area contributed by atoms with Gasteiger partial charge >= 0.3 is 0 Å². The van der Waals surface area contributed by atoms with Gasteiger partial charge in [0.1, 0.15) is 0 Å². The van der Waals surface area contributed by atoms with Gasteiger partial charge in [0.05, 0.1) is 0 Å². The predicted molar refractivity (Wildman–Crippen MR) is 80.1 cm³/mol. The number of amides is 1. The second-order valence-corrected chi connectivity index (χ2v) is 5.34. The number of carbonyl (C=O) groups is 1. The molecule has 0 unspecified atom stereocenters. The minimum absolute atomic E-state index is 0.140. The van der Waals surface area contributed by atoms with Crippen LogP contribution in [-0.4, -0.2) is 12.5 Å². The summed E-state index contributed by atoms with van der Waals surface area (Å²) < 4.78 is 0. The van der Waals surface area contributed by atoms with Crippen LogP contribution < -0.4 is 5.32 Å². The fourth-order valence-electron chi connectivity index (χ4n) is 2.17. The Hall–Kier alpha value is -1.83. The molecule has 0 saturated carbocycles. The summed E-state index contributed by atoms with van der Waals surface area (Å²) in [5.74, 6) is 0.642. The van der Waals surface area contributed by atoms with E-state index >= 15 is 0 Å². The molecule has 0 heterocycles. The van der Waals surface area contributed by atoms with Gasteiger partial charge in [-0.15, -0.1) is 0 Å². The Bertz CT molecular complexity index is 555. The minimum Gasteiger partial charge on any atom is -0.356 e. The van der Waals surface area contributed by atoms with Gasteiger partial charge in [0.15, 0.2) is 0 Å². The van der Waals surface area contributed by atoms with E-state index in [1.807, 2.05) is 12.1 Å². The van der Waals surface area contributed by atoms with Gasteiger partial charge in [-0.25, -0.2) is 0 Å². The molecule has 1 amide bonds. The van der Waals surface area contributed by atoms with Gasteiger partial charge in [0, 0.05) is 13.0 Å². The first-order valence-electron chi connectivity index (χ1n) is 6.90. The molecule has 0 fully saturated rings. The molecule has 1 N–H and O–H groups in total. The van der Waals surface area contributed by atoms with E-state index in [1.54, 1.807) is 0 Å². The third-order valence-corrected chi connectivity index (χ3v) is 3.21. The summed E-state index contributed by atoms with van der Waals surface area (Å²) in [6.45, 7) is 4.96. The zero-order valence-electron chi connectivity index (χ0n) is 11.6. The van der Waals surface area contributed by atoms with Crippen molar-refractivity contribution in [2.75, 3.05) is 6.54 Å². The highest BCUT2D eigenvalue weighted by molar-refractivity contribution is 5.86. The number of nitrogens with one attached hydrogen (secondary N) is 1. The maximum Gasteiger partial charge on any atom is 0.220 e. The highest BCUT2D eigenvalue weighted by atomic mass is 16.1. The monoisotopic (exact) mass is 255 g/mol. The summed E-state index contributed by atoms with van der Waals surface area (Å²) in [5.41, 5.74) is 1.25. The molecule has 0 atom stereocenters. The molecule has 0 saturated heterocycles. The van der Waals surface area contributed by atoms with E-state index in [2.05, 4.69) is 49.5 Å². The number of rotatable bonds is 5. The molecular formula is C17H21NO. The molecule has 2 heteroatoms. The van der Waals surface area contributed by atoms with Crippen LogP contribution in [-0.2, 0) is 11.2 Å². The summed E-state index contributed by atoms with van der Waals surface area (Å²) in [7, 11) is 0. The van der Waals surface area contributed by atoms with Crippen molar-refractivity contribution < 1.29 is 4.79 Å². The van der Waals surface area contributed by atoms with Crippen molar-refractivity contribution in [2.24, 2.45) is 5.92 Å². The minimum atomic E-state index is 0.140. The first-order chi connectivity index (χ1) is 9.16. The van der Waals surface area contributed by atoms with Crippen LogP contribution in [0.1, 0.15) is 25.8 Å². The maximum absolute atomic E-state index is 11.7. The molecule has 2 rings (SSSR count). The number of carbonyl (C=O) groups excluding carboxylic acids is 1. The van der Waals surface area contributed by atoms with Gasteiger partial charge in [-0.1, -0.05) is 56.3 Å². The van der Waals surface area contributed by atoms with Crippen LogP contribution in [0.25, 0.3) is 10.8 Å². The maximum atomic E-state index is 11.7. The molecule has 100 valence electrons. The second kappa shape index (κ2) is 6.37. The van der Waals surface area contributed by atoms with Gasteiger partial charge < -0.3 is 5.32 Å². The van der Waals surface area contributed by atoms with E-state index in [1.165, 1.54) is 16.3 Å². The lowest BCUT2D eigenvalue weighted by Gasteiger charge is -2.09. The Morgan fingerprint density at radius 2 is 1.84 bits per heavy atom. The van der Waals surface area contributed by atoms with Crippen molar-refractivity contribution in [3.05, 3.63) is 48.0 Å². The Labute approximate surface area is 114 Å². The van der Waals surface area contributed by atoms with Crippen LogP contribution in [0.3, 0.4) is 0 Å². The lowest BCUT2D eigenvalue weighted by atomic mass is 10.0. The molecule has 2 nitrogen and oxygen atoms in total. The smallest absolute Gasteiger partial charge is 0.220 e. The number of fused-ring (bicyclic) bond motifs is 1. The zero-order chi connectivity index (χ0) is 13.7. The average molecular weight is 255 g/mol.